The Morgan fingerprint density at radius 3 is 3.00 bits per heavy atom. The second-order valence-electron chi connectivity index (χ2n) is 5.61. The molecule has 1 amide bonds. The Bertz CT molecular complexity index is 703. The van der Waals surface area contributed by atoms with E-state index in [1.54, 1.807) is 25.5 Å². The first kappa shape index (κ1) is 14.5. The minimum Gasteiger partial charge on any atom is -0.354 e. The van der Waals surface area contributed by atoms with Gasteiger partial charge in [-0.05, 0) is 25.8 Å². The molecule has 2 aromatic rings. The molecular formula is C15H19N5O2. The Hall–Kier alpha value is -2.44. The maximum absolute atomic E-state index is 12.2. The molecule has 1 saturated carbocycles. The van der Waals surface area contributed by atoms with Crippen LogP contribution in [-0.4, -0.2) is 32.2 Å². The highest BCUT2D eigenvalue weighted by molar-refractivity contribution is 5.79. The summed E-state index contributed by atoms with van der Waals surface area (Å²) in [5, 5.41) is 7.16. The smallest absolute Gasteiger partial charge is 0.267 e. The van der Waals surface area contributed by atoms with E-state index < -0.39 is 6.04 Å². The summed E-state index contributed by atoms with van der Waals surface area (Å²) in [5.74, 6) is 0.240. The minimum absolute atomic E-state index is 0.206. The molecule has 7 heteroatoms. The van der Waals surface area contributed by atoms with Gasteiger partial charge in [0.15, 0.2) is 0 Å². The lowest BCUT2D eigenvalue weighted by atomic mass is 10.2. The quantitative estimate of drug-likeness (QED) is 0.824. The molecule has 0 saturated heterocycles. The monoisotopic (exact) mass is 301 g/mol. The van der Waals surface area contributed by atoms with Crippen molar-refractivity contribution in [2.75, 3.05) is 6.54 Å². The Kier molecular flexibility index (Phi) is 4.04. The zero-order valence-electron chi connectivity index (χ0n) is 12.5. The zero-order valence-corrected chi connectivity index (χ0v) is 12.5. The van der Waals surface area contributed by atoms with Gasteiger partial charge in [-0.15, -0.1) is 0 Å². The predicted molar refractivity (Wildman–Crippen MR) is 80.5 cm³/mol. The first-order chi connectivity index (χ1) is 10.6. The van der Waals surface area contributed by atoms with E-state index in [1.165, 1.54) is 10.7 Å². The molecule has 22 heavy (non-hydrogen) atoms. The third-order valence-corrected chi connectivity index (χ3v) is 3.84. The summed E-state index contributed by atoms with van der Waals surface area (Å²) < 4.78 is 1.28. The van der Waals surface area contributed by atoms with Crippen molar-refractivity contribution in [1.82, 2.24) is 25.1 Å². The lowest BCUT2D eigenvalue weighted by molar-refractivity contribution is -0.124. The number of hydrogen-bond acceptors (Lipinski definition) is 4. The number of rotatable bonds is 6. The molecule has 1 fully saturated rings. The lowest BCUT2D eigenvalue weighted by Crippen LogP contribution is -2.38. The van der Waals surface area contributed by atoms with Crippen LogP contribution in [-0.2, 0) is 11.2 Å². The number of nitrogens with zero attached hydrogens (tertiary/aromatic N) is 3. The average Bonchev–Trinajstić information content (AvgIpc) is 3.24. The molecule has 7 nitrogen and oxygen atoms in total. The molecule has 0 aliphatic heterocycles. The molecule has 0 spiro atoms. The van der Waals surface area contributed by atoms with Gasteiger partial charge in [-0.2, -0.15) is 5.10 Å². The maximum Gasteiger partial charge on any atom is 0.267 e. The second-order valence-corrected chi connectivity index (χ2v) is 5.61. The van der Waals surface area contributed by atoms with Crippen molar-refractivity contribution < 1.29 is 4.79 Å². The Balaban J connectivity index is 1.62. The molecule has 0 bridgehead atoms. The third-order valence-electron chi connectivity index (χ3n) is 3.84. The van der Waals surface area contributed by atoms with E-state index in [2.05, 4.69) is 20.4 Å². The van der Waals surface area contributed by atoms with Gasteiger partial charge in [-0.25, -0.2) is 9.67 Å². The standard InChI is InChI=1S/C15H19N5O2/c1-10(15(22)17-7-6-12-8-16-9-18-12)20-14(21)5-4-13(19-20)11-2-3-11/h4-5,8-11H,2-3,6-7H2,1H3,(H,16,18)(H,17,22). The Morgan fingerprint density at radius 1 is 1.50 bits per heavy atom. The summed E-state index contributed by atoms with van der Waals surface area (Å²) in [4.78, 5) is 31.0. The van der Waals surface area contributed by atoms with Gasteiger partial charge < -0.3 is 10.3 Å². The van der Waals surface area contributed by atoms with Gasteiger partial charge in [0.1, 0.15) is 6.04 Å². The normalized spacial score (nSPS) is 15.5. The summed E-state index contributed by atoms with van der Waals surface area (Å²) in [7, 11) is 0. The van der Waals surface area contributed by atoms with Crippen LogP contribution in [0, 0.1) is 0 Å². The largest absolute Gasteiger partial charge is 0.354 e. The van der Waals surface area contributed by atoms with Crippen LogP contribution in [0.4, 0.5) is 0 Å². The van der Waals surface area contributed by atoms with Crippen LogP contribution in [0.3, 0.4) is 0 Å². The molecule has 2 aromatic heterocycles. The van der Waals surface area contributed by atoms with E-state index >= 15 is 0 Å². The van der Waals surface area contributed by atoms with Gasteiger partial charge in [0.05, 0.1) is 12.0 Å². The number of amides is 1. The first-order valence-corrected chi connectivity index (χ1v) is 7.50. The van der Waals surface area contributed by atoms with Gasteiger partial charge in [0.2, 0.25) is 5.91 Å². The Labute approximate surface area is 127 Å². The molecule has 1 atom stereocenters. The predicted octanol–water partition coefficient (Wildman–Crippen LogP) is 0.764. The molecule has 116 valence electrons. The van der Waals surface area contributed by atoms with Crippen molar-refractivity contribution in [2.24, 2.45) is 0 Å². The van der Waals surface area contributed by atoms with Crippen LogP contribution in [0.25, 0.3) is 0 Å². The van der Waals surface area contributed by atoms with Crippen molar-refractivity contribution in [3.8, 4) is 0 Å². The third kappa shape index (κ3) is 3.24. The number of imidazole rings is 1. The van der Waals surface area contributed by atoms with E-state index in [9.17, 15) is 9.59 Å². The zero-order chi connectivity index (χ0) is 15.5. The van der Waals surface area contributed by atoms with Crippen molar-refractivity contribution >= 4 is 5.91 Å². The van der Waals surface area contributed by atoms with Crippen LogP contribution in [0.5, 0.6) is 0 Å². The molecule has 1 aliphatic carbocycles. The van der Waals surface area contributed by atoms with E-state index in [1.807, 2.05) is 0 Å². The van der Waals surface area contributed by atoms with Crippen molar-refractivity contribution in [2.45, 2.75) is 38.1 Å². The molecule has 0 radical (unpaired) electrons. The number of hydrogen-bond donors (Lipinski definition) is 2. The number of carbonyl (C=O) groups excluding carboxylic acids is 1. The van der Waals surface area contributed by atoms with Crippen LogP contribution in [0.2, 0.25) is 0 Å². The average molecular weight is 301 g/mol. The van der Waals surface area contributed by atoms with Crippen LogP contribution >= 0.6 is 0 Å². The second kappa shape index (κ2) is 6.13. The molecular weight excluding hydrogens is 282 g/mol. The maximum atomic E-state index is 12.2. The van der Waals surface area contributed by atoms with Crippen molar-refractivity contribution in [3.05, 3.63) is 46.4 Å². The first-order valence-electron chi connectivity index (χ1n) is 7.50. The number of H-pyrrole nitrogens is 1. The fraction of sp³-hybridized carbons (Fsp3) is 0.467. The number of aromatic amines is 1. The Morgan fingerprint density at radius 2 is 2.32 bits per heavy atom. The molecule has 2 N–H and O–H groups in total. The van der Waals surface area contributed by atoms with Crippen LogP contribution in [0.15, 0.2) is 29.5 Å². The SMILES string of the molecule is CC(C(=O)NCCc1cnc[nH]1)n1nc(C2CC2)ccc1=O. The van der Waals surface area contributed by atoms with Crippen LogP contribution < -0.4 is 10.9 Å². The van der Waals surface area contributed by atoms with Gasteiger partial charge >= 0.3 is 0 Å². The summed E-state index contributed by atoms with van der Waals surface area (Å²) in [6, 6.07) is 2.64. The fourth-order valence-corrected chi connectivity index (χ4v) is 2.31. The molecule has 3 rings (SSSR count). The minimum atomic E-state index is -0.618. The molecule has 1 unspecified atom stereocenters. The summed E-state index contributed by atoms with van der Waals surface area (Å²) in [6.45, 7) is 2.18. The van der Waals surface area contributed by atoms with Gasteiger partial charge in [0.25, 0.3) is 5.56 Å². The summed E-state index contributed by atoms with van der Waals surface area (Å²) in [6.07, 6.45) is 6.21. The number of carbonyl (C=O) groups is 1. The highest BCUT2D eigenvalue weighted by Gasteiger charge is 2.26. The molecule has 1 aliphatic rings. The van der Waals surface area contributed by atoms with E-state index in [4.69, 9.17) is 0 Å². The highest BCUT2D eigenvalue weighted by Crippen LogP contribution is 2.38. The van der Waals surface area contributed by atoms with Crippen molar-refractivity contribution in [3.63, 3.8) is 0 Å². The summed E-state index contributed by atoms with van der Waals surface area (Å²) >= 11 is 0. The number of nitrogens with one attached hydrogen (secondary N) is 2. The van der Waals surface area contributed by atoms with E-state index in [0.29, 0.717) is 18.9 Å². The lowest BCUT2D eigenvalue weighted by Gasteiger charge is -2.14. The van der Waals surface area contributed by atoms with Gasteiger partial charge in [-0.3, -0.25) is 9.59 Å². The van der Waals surface area contributed by atoms with Gasteiger partial charge in [0, 0.05) is 36.8 Å². The van der Waals surface area contributed by atoms with E-state index in [-0.39, 0.29) is 11.5 Å². The van der Waals surface area contributed by atoms with Gasteiger partial charge in [-0.1, -0.05) is 0 Å². The summed E-state index contributed by atoms with van der Waals surface area (Å²) in [5.41, 5.74) is 1.61. The fourth-order valence-electron chi connectivity index (χ4n) is 2.31. The number of aromatic nitrogens is 4. The van der Waals surface area contributed by atoms with Crippen molar-refractivity contribution in [1.29, 1.82) is 0 Å². The van der Waals surface area contributed by atoms with E-state index in [0.717, 1.165) is 24.2 Å². The molecule has 2 heterocycles. The molecule has 0 aromatic carbocycles. The highest BCUT2D eigenvalue weighted by atomic mass is 16.2. The topological polar surface area (TPSA) is 92.7 Å². The van der Waals surface area contributed by atoms with Crippen LogP contribution in [0.1, 0.15) is 43.1 Å².